The van der Waals surface area contributed by atoms with Crippen molar-refractivity contribution in [2.45, 2.75) is 6.92 Å². The molecule has 7 nitrogen and oxygen atoms in total. The number of anilines is 2. The molecule has 1 aliphatic heterocycles. The smallest absolute Gasteiger partial charge is 0.321 e. The molecule has 2 aromatic rings. The van der Waals surface area contributed by atoms with E-state index in [2.05, 4.69) is 16.0 Å². The third kappa shape index (κ3) is 4.18. The van der Waals surface area contributed by atoms with Gasteiger partial charge in [-0.1, -0.05) is 17.7 Å². The minimum atomic E-state index is -0.322. The fourth-order valence-electron chi connectivity index (χ4n) is 2.70. The van der Waals surface area contributed by atoms with Crippen molar-refractivity contribution >= 4 is 29.2 Å². The van der Waals surface area contributed by atoms with Gasteiger partial charge in [-0.2, -0.15) is 0 Å². The van der Waals surface area contributed by atoms with Gasteiger partial charge in [-0.15, -0.1) is 0 Å². The summed E-state index contributed by atoms with van der Waals surface area (Å²) in [6.45, 7) is 3.02. The third-order valence-electron chi connectivity index (χ3n) is 4.01. The van der Waals surface area contributed by atoms with Gasteiger partial charge in [-0.05, 0) is 43.3 Å². The highest BCUT2D eigenvalue weighted by Crippen LogP contribution is 2.19. The van der Waals surface area contributed by atoms with Crippen molar-refractivity contribution in [3.05, 3.63) is 59.7 Å². The average Bonchev–Trinajstić information content (AvgIpc) is 3.06. The van der Waals surface area contributed by atoms with Crippen LogP contribution in [0.15, 0.2) is 48.5 Å². The molecule has 3 rings (SSSR count). The fraction of sp³-hybridized carbons (Fsp3) is 0.211. The topological polar surface area (TPSA) is 90.5 Å². The summed E-state index contributed by atoms with van der Waals surface area (Å²) >= 11 is 0. The van der Waals surface area contributed by atoms with Crippen LogP contribution in [-0.4, -0.2) is 37.5 Å². The van der Waals surface area contributed by atoms with E-state index in [1.54, 1.807) is 47.4 Å². The quantitative estimate of drug-likeness (QED) is 0.767. The van der Waals surface area contributed by atoms with E-state index in [-0.39, 0.29) is 24.4 Å². The molecule has 0 aliphatic carbocycles. The van der Waals surface area contributed by atoms with Crippen molar-refractivity contribution in [1.82, 2.24) is 10.6 Å². The molecule has 2 aromatic carbocycles. The highest BCUT2D eigenvalue weighted by molar-refractivity contribution is 5.99. The number of hydrogen-bond acceptors (Lipinski definition) is 3. The first-order valence-electron chi connectivity index (χ1n) is 8.33. The Balaban J connectivity index is 1.51. The molecule has 1 fully saturated rings. The summed E-state index contributed by atoms with van der Waals surface area (Å²) in [5.74, 6) is -0.614. The van der Waals surface area contributed by atoms with Crippen molar-refractivity contribution in [2.24, 2.45) is 0 Å². The van der Waals surface area contributed by atoms with E-state index in [9.17, 15) is 14.4 Å². The SMILES string of the molecule is Cc1cccc(C(=O)NCC(=O)Nc2ccc(N3CCNC3=O)cc2)c1. The first kappa shape index (κ1) is 17.5. The van der Waals surface area contributed by atoms with Crippen LogP contribution in [0, 0.1) is 6.92 Å². The third-order valence-corrected chi connectivity index (χ3v) is 4.01. The number of urea groups is 1. The molecule has 0 aromatic heterocycles. The van der Waals surface area contributed by atoms with E-state index in [1.807, 2.05) is 13.0 Å². The van der Waals surface area contributed by atoms with Gasteiger partial charge < -0.3 is 16.0 Å². The molecule has 1 heterocycles. The lowest BCUT2D eigenvalue weighted by Gasteiger charge is -2.14. The molecule has 1 aliphatic rings. The zero-order valence-electron chi connectivity index (χ0n) is 14.4. The van der Waals surface area contributed by atoms with Gasteiger partial charge in [0.15, 0.2) is 0 Å². The number of rotatable bonds is 5. The van der Waals surface area contributed by atoms with Crippen LogP contribution in [0.2, 0.25) is 0 Å². The summed E-state index contributed by atoms with van der Waals surface area (Å²) in [6.07, 6.45) is 0. The lowest BCUT2D eigenvalue weighted by atomic mass is 10.1. The maximum Gasteiger partial charge on any atom is 0.321 e. The molecule has 3 N–H and O–H groups in total. The maximum atomic E-state index is 12.0. The maximum absolute atomic E-state index is 12.0. The van der Waals surface area contributed by atoms with Crippen LogP contribution in [0.1, 0.15) is 15.9 Å². The van der Waals surface area contributed by atoms with Crippen molar-refractivity contribution in [3.8, 4) is 0 Å². The number of aryl methyl sites for hydroxylation is 1. The minimum Gasteiger partial charge on any atom is -0.343 e. The number of amides is 4. The summed E-state index contributed by atoms with van der Waals surface area (Å²) in [5, 5.41) is 8.05. The van der Waals surface area contributed by atoms with Crippen LogP contribution in [0.4, 0.5) is 16.2 Å². The second-order valence-electron chi connectivity index (χ2n) is 6.03. The lowest BCUT2D eigenvalue weighted by molar-refractivity contribution is -0.115. The Bertz CT molecular complexity index is 833. The van der Waals surface area contributed by atoms with Gasteiger partial charge in [0.1, 0.15) is 0 Å². The number of carbonyl (C=O) groups excluding carboxylic acids is 3. The van der Waals surface area contributed by atoms with Gasteiger partial charge >= 0.3 is 6.03 Å². The molecule has 0 unspecified atom stereocenters. The summed E-state index contributed by atoms with van der Waals surface area (Å²) in [5.41, 5.74) is 2.87. The molecular formula is C19H20N4O3. The molecule has 0 spiro atoms. The van der Waals surface area contributed by atoms with Crippen molar-refractivity contribution in [2.75, 3.05) is 29.9 Å². The molecule has 0 bridgehead atoms. The fourth-order valence-corrected chi connectivity index (χ4v) is 2.70. The summed E-state index contributed by atoms with van der Waals surface area (Å²) in [6, 6.07) is 14.0. The summed E-state index contributed by atoms with van der Waals surface area (Å²) < 4.78 is 0. The average molecular weight is 352 g/mol. The van der Waals surface area contributed by atoms with Crippen LogP contribution in [-0.2, 0) is 4.79 Å². The molecule has 0 radical (unpaired) electrons. The van der Waals surface area contributed by atoms with Crippen LogP contribution in [0.3, 0.4) is 0 Å². The van der Waals surface area contributed by atoms with E-state index in [0.29, 0.717) is 24.3 Å². The van der Waals surface area contributed by atoms with Crippen molar-refractivity contribution in [1.29, 1.82) is 0 Å². The predicted octanol–water partition coefficient (Wildman–Crippen LogP) is 1.89. The molecule has 0 atom stereocenters. The lowest BCUT2D eigenvalue weighted by Crippen LogP contribution is -2.32. The number of nitrogens with zero attached hydrogens (tertiary/aromatic N) is 1. The van der Waals surface area contributed by atoms with Crippen molar-refractivity contribution in [3.63, 3.8) is 0 Å². The second kappa shape index (κ2) is 7.69. The van der Waals surface area contributed by atoms with E-state index >= 15 is 0 Å². The molecule has 0 saturated carbocycles. The monoisotopic (exact) mass is 352 g/mol. The Morgan fingerprint density at radius 3 is 2.58 bits per heavy atom. The van der Waals surface area contributed by atoms with Crippen LogP contribution >= 0.6 is 0 Å². The summed E-state index contributed by atoms with van der Waals surface area (Å²) in [4.78, 5) is 37.3. The first-order valence-corrected chi connectivity index (χ1v) is 8.33. The van der Waals surface area contributed by atoms with Gasteiger partial charge in [0.25, 0.3) is 5.91 Å². The molecule has 134 valence electrons. The Labute approximate surface area is 151 Å². The van der Waals surface area contributed by atoms with Gasteiger partial charge in [0, 0.05) is 30.0 Å². The predicted molar refractivity (Wildman–Crippen MR) is 99.3 cm³/mol. The van der Waals surface area contributed by atoms with Crippen LogP contribution in [0.5, 0.6) is 0 Å². The number of nitrogens with one attached hydrogen (secondary N) is 3. The van der Waals surface area contributed by atoms with E-state index in [0.717, 1.165) is 11.3 Å². The standard InChI is InChI=1S/C19H20N4O3/c1-13-3-2-4-14(11-13)18(25)21-12-17(24)22-15-5-7-16(8-6-15)23-10-9-20-19(23)26/h2-8,11H,9-10,12H2,1H3,(H,20,26)(H,21,25)(H,22,24). The molecule has 7 heteroatoms. The Hall–Kier alpha value is -3.35. The highest BCUT2D eigenvalue weighted by Gasteiger charge is 2.20. The van der Waals surface area contributed by atoms with Gasteiger partial charge in [-0.25, -0.2) is 4.79 Å². The largest absolute Gasteiger partial charge is 0.343 e. The zero-order chi connectivity index (χ0) is 18.5. The van der Waals surface area contributed by atoms with Crippen molar-refractivity contribution < 1.29 is 14.4 Å². The number of hydrogen-bond donors (Lipinski definition) is 3. The molecule has 1 saturated heterocycles. The Kier molecular flexibility index (Phi) is 5.17. The Morgan fingerprint density at radius 2 is 1.92 bits per heavy atom. The van der Waals surface area contributed by atoms with E-state index in [4.69, 9.17) is 0 Å². The highest BCUT2D eigenvalue weighted by atomic mass is 16.2. The van der Waals surface area contributed by atoms with Gasteiger partial charge in [-0.3, -0.25) is 14.5 Å². The summed E-state index contributed by atoms with van der Waals surface area (Å²) in [7, 11) is 0. The number of carbonyl (C=O) groups is 3. The van der Waals surface area contributed by atoms with Crippen LogP contribution < -0.4 is 20.9 Å². The minimum absolute atomic E-state index is 0.122. The second-order valence-corrected chi connectivity index (χ2v) is 6.03. The van der Waals surface area contributed by atoms with Crippen LogP contribution in [0.25, 0.3) is 0 Å². The molecule has 4 amide bonds. The van der Waals surface area contributed by atoms with E-state index < -0.39 is 0 Å². The van der Waals surface area contributed by atoms with Gasteiger partial charge in [0.2, 0.25) is 5.91 Å². The molecular weight excluding hydrogens is 332 g/mol. The molecule has 26 heavy (non-hydrogen) atoms. The normalized spacial score (nSPS) is 13.3. The van der Waals surface area contributed by atoms with E-state index in [1.165, 1.54) is 0 Å². The van der Waals surface area contributed by atoms with Gasteiger partial charge in [0.05, 0.1) is 6.54 Å². The zero-order valence-corrected chi connectivity index (χ0v) is 14.4. The number of benzene rings is 2. The first-order chi connectivity index (χ1) is 12.5. The Morgan fingerprint density at radius 1 is 1.15 bits per heavy atom.